The lowest BCUT2D eigenvalue weighted by Crippen LogP contribution is -2.42. The van der Waals surface area contributed by atoms with Gasteiger partial charge in [-0.3, -0.25) is 0 Å². The van der Waals surface area contributed by atoms with E-state index >= 15 is 0 Å². The Balaban J connectivity index is 0.814. The average molecular weight is 1500 g/mol. The van der Waals surface area contributed by atoms with Crippen molar-refractivity contribution >= 4 is 5.69 Å². The minimum Gasteiger partial charge on any atom is -0.491 e. The number of aliphatic hydroxyl groups is 3. The fourth-order valence-electron chi connectivity index (χ4n) is 16.0. The van der Waals surface area contributed by atoms with Crippen LogP contribution in [0.2, 0.25) is 0 Å². The van der Waals surface area contributed by atoms with Crippen LogP contribution in [0, 0.1) is 0 Å². The highest BCUT2D eigenvalue weighted by Gasteiger charge is 2.31. The van der Waals surface area contributed by atoms with Crippen LogP contribution in [-0.4, -0.2) is 73.1 Å². The Labute approximate surface area is 671 Å². The zero-order valence-corrected chi connectivity index (χ0v) is 66.8. The van der Waals surface area contributed by atoms with Crippen molar-refractivity contribution in [2.75, 3.05) is 44.4 Å². The molecule has 576 valence electrons. The Bertz CT molecular complexity index is 4680. The van der Waals surface area contributed by atoms with Crippen molar-refractivity contribution in [2.45, 2.75) is 134 Å². The van der Waals surface area contributed by atoms with Crippen molar-refractivity contribution < 1.29 is 34.3 Å². The molecule has 8 heteroatoms. The van der Waals surface area contributed by atoms with Gasteiger partial charge in [0.15, 0.2) is 0 Å². The molecule has 0 saturated carbocycles. The number of rotatable bonds is 35. The van der Waals surface area contributed by atoms with Gasteiger partial charge in [-0.15, -0.1) is 0 Å². The largest absolute Gasteiger partial charge is 0.491 e. The van der Waals surface area contributed by atoms with Gasteiger partial charge in [-0.25, -0.2) is 0 Å². The third-order valence-corrected chi connectivity index (χ3v) is 23.3. The Morgan fingerprint density at radius 2 is 0.398 bits per heavy atom. The summed E-state index contributed by atoms with van der Waals surface area (Å²) in [5, 5.41) is 37.6. The summed E-state index contributed by atoms with van der Waals surface area (Å²) in [6.45, 7) is 20.2. The highest BCUT2D eigenvalue weighted by atomic mass is 16.5. The molecule has 3 N–H and O–H groups in total. The first-order valence-corrected chi connectivity index (χ1v) is 40.4. The molecule has 13 aromatic rings. The molecule has 13 aromatic carbocycles. The molecule has 0 aliphatic rings. The fourth-order valence-corrected chi connectivity index (χ4v) is 16.0. The zero-order chi connectivity index (χ0) is 78.7. The summed E-state index contributed by atoms with van der Waals surface area (Å²) in [6.07, 6.45) is -3.11. The lowest BCUT2D eigenvalue weighted by Gasteiger charge is -2.31. The van der Waals surface area contributed by atoms with Crippen LogP contribution in [0.15, 0.2) is 334 Å². The lowest BCUT2D eigenvalue weighted by molar-refractivity contribution is 0.0618. The first kappa shape index (κ1) is 79.8. The second-order valence-electron chi connectivity index (χ2n) is 30.9. The molecule has 0 heterocycles. The molecule has 12 unspecified atom stereocenters. The van der Waals surface area contributed by atoms with E-state index in [4.69, 9.17) is 18.9 Å². The quantitative estimate of drug-likeness (QED) is 0.0361. The second kappa shape index (κ2) is 38.3. The first-order chi connectivity index (χ1) is 55.0. The van der Waals surface area contributed by atoms with Gasteiger partial charge in [0.2, 0.25) is 0 Å². The molecule has 8 nitrogen and oxygen atoms in total. The van der Waals surface area contributed by atoms with Crippen LogP contribution < -0.4 is 23.8 Å². The maximum atomic E-state index is 12.8. The van der Waals surface area contributed by atoms with Gasteiger partial charge in [0, 0.05) is 105 Å². The predicted molar refractivity (Wildman–Crippen MR) is 464 cm³/mol. The summed E-state index contributed by atoms with van der Waals surface area (Å²) in [6, 6.07) is 117. The SMILES string of the molecule is CC(c1ccccc1)c1cc(C(C)c2ccccc2)c(OCC(O)COc2ccc(N(CC(O)COc3c(C(C)c4ccccc4)cc(C(C)c4ccccc4)cc3C(C)c3ccccc3)CC(O)COc3c(C(C)c4ccccc4)cc(C(C)c4ccccc4)cc3C(C)c3ccccc3)cc2)c(C(C)c2ccccc2)c1. The van der Waals surface area contributed by atoms with E-state index in [1.807, 2.05) is 41.3 Å². The molecule has 13 rings (SSSR count). The van der Waals surface area contributed by atoms with E-state index in [0.29, 0.717) is 5.75 Å². The molecule has 0 bridgehead atoms. The monoisotopic (exact) mass is 1500 g/mol. The first-order valence-electron chi connectivity index (χ1n) is 40.4. The molecule has 0 amide bonds. The molecule has 0 radical (unpaired) electrons. The average Bonchev–Trinajstić information content (AvgIpc) is 0.783. The van der Waals surface area contributed by atoms with Crippen molar-refractivity contribution in [1.82, 2.24) is 0 Å². The third-order valence-electron chi connectivity index (χ3n) is 23.3. The maximum Gasteiger partial charge on any atom is 0.127 e. The van der Waals surface area contributed by atoms with Crippen molar-refractivity contribution in [2.24, 2.45) is 0 Å². The molecule has 113 heavy (non-hydrogen) atoms. The van der Waals surface area contributed by atoms with Crippen molar-refractivity contribution in [3.8, 4) is 23.0 Å². The Morgan fingerprint density at radius 3 is 0.611 bits per heavy atom. The van der Waals surface area contributed by atoms with Gasteiger partial charge in [-0.05, 0) is 91.0 Å². The van der Waals surface area contributed by atoms with Gasteiger partial charge in [-0.2, -0.15) is 0 Å². The molecule has 0 aromatic heterocycles. The van der Waals surface area contributed by atoms with Gasteiger partial charge in [0.1, 0.15) is 67.7 Å². The smallest absolute Gasteiger partial charge is 0.127 e. The molecule has 0 aliphatic carbocycles. The van der Waals surface area contributed by atoms with Crippen LogP contribution >= 0.6 is 0 Å². The molecular weight excluding hydrogens is 1390 g/mol. The van der Waals surface area contributed by atoms with E-state index in [9.17, 15) is 15.3 Å². The number of hydrogen-bond donors (Lipinski definition) is 3. The predicted octanol–water partition coefficient (Wildman–Crippen LogP) is 23.6. The van der Waals surface area contributed by atoms with Crippen LogP contribution in [0.5, 0.6) is 23.0 Å². The van der Waals surface area contributed by atoms with Gasteiger partial charge in [0.25, 0.3) is 0 Å². The topological polar surface area (TPSA) is 101 Å². The summed E-state index contributed by atoms with van der Waals surface area (Å²) in [5.74, 6) is 2.70. The van der Waals surface area contributed by atoms with Gasteiger partial charge in [-0.1, -0.05) is 372 Å². The van der Waals surface area contributed by atoms with E-state index in [0.717, 1.165) is 78.6 Å². The minimum absolute atomic E-state index is 0.0189. The van der Waals surface area contributed by atoms with E-state index in [2.05, 4.69) is 360 Å². The molecular formula is C105H109NO7. The zero-order valence-electron chi connectivity index (χ0n) is 66.8. The Morgan fingerprint density at radius 1 is 0.212 bits per heavy atom. The Kier molecular flexibility index (Phi) is 27.1. The van der Waals surface area contributed by atoms with E-state index < -0.39 is 18.3 Å². The highest BCUT2D eigenvalue weighted by molar-refractivity contribution is 5.59. The number of aliphatic hydroxyl groups excluding tert-OH is 3. The van der Waals surface area contributed by atoms with E-state index in [1.165, 1.54) is 44.5 Å². The molecule has 0 saturated heterocycles. The summed E-state index contributed by atoms with van der Waals surface area (Å²) in [4.78, 5) is 2.01. The van der Waals surface area contributed by atoms with Crippen LogP contribution in [-0.2, 0) is 0 Å². The molecule has 0 fully saturated rings. The standard InChI is InChI=1S/C105H109NO7/c1-71(80-37-19-10-20-38-80)89-59-97(74(4)83-43-25-13-26-44-83)103(98(60-89)75(5)84-45-27-14-28-46-84)111-67-93(107)65-106(66-94(108)68-112-104-99(76(6)85-47-29-15-30-48-85)61-90(72(2)81-39-21-11-22-40-81)62-100(104)77(7)86-49-31-16-32-50-86)92-55-57-96(58-56-92)110-69-95(109)70-113-105-101(78(8)87-51-33-17-34-52-87)63-91(73(3)82-41-23-12-24-42-82)64-102(105)79(9)88-53-35-18-36-54-88/h10-64,71-79,93-95,107-109H,65-70H2,1-9H3. The molecule has 12 atom stereocenters. The van der Waals surface area contributed by atoms with Crippen LogP contribution in [0.1, 0.15) is 216 Å². The van der Waals surface area contributed by atoms with Crippen LogP contribution in [0.25, 0.3) is 0 Å². The summed E-state index contributed by atoms with van der Waals surface area (Å²) in [7, 11) is 0. The third kappa shape index (κ3) is 19.8. The van der Waals surface area contributed by atoms with Crippen molar-refractivity contribution in [3.05, 3.63) is 434 Å². The van der Waals surface area contributed by atoms with E-state index in [1.54, 1.807) is 0 Å². The second-order valence-corrected chi connectivity index (χ2v) is 30.9. The number of nitrogens with zero attached hydrogens (tertiary/aromatic N) is 1. The van der Waals surface area contributed by atoms with E-state index in [-0.39, 0.29) is 92.8 Å². The van der Waals surface area contributed by atoms with Gasteiger partial charge >= 0.3 is 0 Å². The summed E-state index contributed by atoms with van der Waals surface area (Å²) < 4.78 is 27.9. The van der Waals surface area contributed by atoms with Crippen molar-refractivity contribution in [3.63, 3.8) is 0 Å². The van der Waals surface area contributed by atoms with Crippen LogP contribution in [0.4, 0.5) is 5.69 Å². The van der Waals surface area contributed by atoms with Gasteiger partial charge in [0.05, 0.1) is 0 Å². The number of benzene rings is 13. The normalized spacial score (nSPS) is 14.7. The Hall–Kier alpha value is -11.3. The minimum atomic E-state index is -1.05. The lowest BCUT2D eigenvalue weighted by atomic mass is 9.81. The molecule has 0 aliphatic heterocycles. The highest BCUT2D eigenvalue weighted by Crippen LogP contribution is 2.47. The number of anilines is 1. The van der Waals surface area contributed by atoms with Crippen LogP contribution in [0.3, 0.4) is 0 Å². The van der Waals surface area contributed by atoms with Gasteiger partial charge < -0.3 is 39.2 Å². The maximum absolute atomic E-state index is 12.8. The summed E-state index contributed by atoms with van der Waals surface area (Å²) in [5.41, 5.74) is 21.1. The number of ether oxygens (including phenoxy) is 4. The van der Waals surface area contributed by atoms with Crippen molar-refractivity contribution in [1.29, 1.82) is 0 Å². The summed E-state index contributed by atoms with van der Waals surface area (Å²) >= 11 is 0. The number of hydrogen-bond acceptors (Lipinski definition) is 8. The fraction of sp³-hybridized carbons (Fsp3) is 0.257. The molecule has 0 spiro atoms.